The Balaban J connectivity index is 2.51. The summed E-state index contributed by atoms with van der Waals surface area (Å²) in [5.41, 5.74) is 7.21. The fourth-order valence-electron chi connectivity index (χ4n) is 1.67. The van der Waals surface area contributed by atoms with Crippen LogP contribution in [0.4, 0.5) is 0 Å². The van der Waals surface area contributed by atoms with Gasteiger partial charge in [0, 0.05) is 7.11 Å². The van der Waals surface area contributed by atoms with E-state index in [-0.39, 0.29) is 18.2 Å². The first-order chi connectivity index (χ1) is 7.65. The van der Waals surface area contributed by atoms with Crippen molar-refractivity contribution in [1.82, 2.24) is 0 Å². The minimum Gasteiger partial charge on any atom is -0.382 e. The summed E-state index contributed by atoms with van der Waals surface area (Å²) in [6.45, 7) is 4.56. The summed E-state index contributed by atoms with van der Waals surface area (Å²) in [4.78, 5) is 0. The van der Waals surface area contributed by atoms with E-state index in [9.17, 15) is 0 Å². The van der Waals surface area contributed by atoms with Gasteiger partial charge in [0.15, 0.2) is 0 Å². The molecule has 3 nitrogen and oxygen atoms in total. The third-order valence-electron chi connectivity index (χ3n) is 2.54. The first-order valence-electron chi connectivity index (χ1n) is 5.60. The van der Waals surface area contributed by atoms with Crippen LogP contribution in [-0.2, 0) is 9.47 Å². The molecule has 0 bridgehead atoms. The highest BCUT2D eigenvalue weighted by atomic mass is 16.5. The second-order valence-corrected chi connectivity index (χ2v) is 4.04. The molecule has 0 heterocycles. The first-order valence-corrected chi connectivity index (χ1v) is 5.60. The summed E-state index contributed by atoms with van der Waals surface area (Å²) >= 11 is 0. The number of hydrogen-bond acceptors (Lipinski definition) is 3. The summed E-state index contributed by atoms with van der Waals surface area (Å²) < 4.78 is 10.8. The fraction of sp³-hybridized carbons (Fsp3) is 0.538. The molecule has 3 unspecified atom stereocenters. The summed E-state index contributed by atoms with van der Waals surface area (Å²) in [6.07, 6.45) is 0.0438. The monoisotopic (exact) mass is 223 g/mol. The van der Waals surface area contributed by atoms with Crippen molar-refractivity contribution in [1.29, 1.82) is 0 Å². The molecule has 1 rings (SSSR count). The minimum absolute atomic E-state index is 0.0208. The summed E-state index contributed by atoms with van der Waals surface area (Å²) in [6, 6.07) is 9.90. The van der Waals surface area contributed by atoms with Gasteiger partial charge >= 0.3 is 0 Å². The molecular weight excluding hydrogens is 202 g/mol. The van der Waals surface area contributed by atoms with E-state index in [1.54, 1.807) is 7.11 Å². The van der Waals surface area contributed by atoms with Crippen molar-refractivity contribution < 1.29 is 9.47 Å². The van der Waals surface area contributed by atoms with Gasteiger partial charge in [0.1, 0.15) is 0 Å². The molecule has 0 saturated carbocycles. The number of methoxy groups -OCH3 is 1. The van der Waals surface area contributed by atoms with Gasteiger partial charge in [0.25, 0.3) is 0 Å². The molecule has 0 amide bonds. The Bertz CT molecular complexity index is 289. The third kappa shape index (κ3) is 3.93. The molecule has 2 N–H and O–H groups in total. The Morgan fingerprint density at radius 2 is 1.81 bits per heavy atom. The van der Waals surface area contributed by atoms with Gasteiger partial charge in [-0.2, -0.15) is 0 Å². The highest BCUT2D eigenvalue weighted by Gasteiger charge is 2.17. The quantitative estimate of drug-likeness (QED) is 0.803. The molecule has 3 atom stereocenters. The maximum absolute atomic E-state index is 6.12. The van der Waals surface area contributed by atoms with Crippen LogP contribution >= 0.6 is 0 Å². The Morgan fingerprint density at radius 3 is 2.38 bits per heavy atom. The molecule has 3 heteroatoms. The van der Waals surface area contributed by atoms with E-state index in [1.807, 2.05) is 44.2 Å². The van der Waals surface area contributed by atoms with Crippen LogP contribution in [-0.4, -0.2) is 25.9 Å². The lowest BCUT2D eigenvalue weighted by molar-refractivity contribution is -0.0407. The summed E-state index contributed by atoms with van der Waals surface area (Å²) in [5.74, 6) is 0. The number of hydrogen-bond donors (Lipinski definition) is 1. The van der Waals surface area contributed by atoms with Crippen molar-refractivity contribution in [2.75, 3.05) is 13.7 Å². The van der Waals surface area contributed by atoms with Gasteiger partial charge in [-0.15, -0.1) is 0 Å². The van der Waals surface area contributed by atoms with Gasteiger partial charge < -0.3 is 15.2 Å². The third-order valence-corrected chi connectivity index (χ3v) is 2.54. The predicted octanol–water partition coefficient (Wildman–Crippen LogP) is 2.13. The molecule has 1 aromatic carbocycles. The Morgan fingerprint density at radius 1 is 1.19 bits per heavy atom. The average molecular weight is 223 g/mol. The molecule has 90 valence electrons. The highest BCUT2D eigenvalue weighted by Crippen LogP contribution is 2.17. The van der Waals surface area contributed by atoms with Crippen LogP contribution in [0.25, 0.3) is 0 Å². The molecule has 1 aromatic rings. The van der Waals surface area contributed by atoms with E-state index in [1.165, 1.54) is 0 Å². The van der Waals surface area contributed by atoms with Crippen molar-refractivity contribution in [2.24, 2.45) is 5.73 Å². The van der Waals surface area contributed by atoms with Gasteiger partial charge in [0.2, 0.25) is 0 Å². The fourth-order valence-corrected chi connectivity index (χ4v) is 1.67. The van der Waals surface area contributed by atoms with Gasteiger partial charge in [0.05, 0.1) is 24.9 Å². The summed E-state index contributed by atoms with van der Waals surface area (Å²) in [7, 11) is 1.67. The molecule has 0 fully saturated rings. The normalized spacial score (nSPS) is 16.8. The Kier molecular flexibility index (Phi) is 5.46. The Labute approximate surface area is 97.6 Å². The van der Waals surface area contributed by atoms with Crippen LogP contribution < -0.4 is 5.73 Å². The smallest absolute Gasteiger partial charge is 0.0784 e. The lowest BCUT2D eigenvalue weighted by Crippen LogP contribution is -2.31. The number of ether oxygens (including phenoxy) is 2. The number of nitrogens with two attached hydrogens (primary N) is 1. The van der Waals surface area contributed by atoms with E-state index in [2.05, 4.69) is 0 Å². The van der Waals surface area contributed by atoms with Crippen molar-refractivity contribution in [3.05, 3.63) is 35.9 Å². The maximum atomic E-state index is 6.12. The van der Waals surface area contributed by atoms with Crippen LogP contribution in [0.2, 0.25) is 0 Å². The van der Waals surface area contributed by atoms with E-state index >= 15 is 0 Å². The standard InChI is InChI=1S/C13H21NO2/c1-10(9-15-3)16-11(2)13(14)12-7-5-4-6-8-12/h4-8,10-11,13H,9,14H2,1-3H3. The molecule has 0 spiro atoms. The number of rotatable bonds is 6. The molecule has 16 heavy (non-hydrogen) atoms. The van der Waals surface area contributed by atoms with E-state index in [4.69, 9.17) is 15.2 Å². The maximum Gasteiger partial charge on any atom is 0.0784 e. The van der Waals surface area contributed by atoms with Crippen molar-refractivity contribution >= 4 is 0 Å². The lowest BCUT2D eigenvalue weighted by atomic mass is 10.0. The average Bonchev–Trinajstić information content (AvgIpc) is 2.29. The zero-order chi connectivity index (χ0) is 12.0. The second kappa shape index (κ2) is 6.63. The van der Waals surface area contributed by atoms with Crippen molar-refractivity contribution in [3.8, 4) is 0 Å². The van der Waals surface area contributed by atoms with Gasteiger partial charge in [-0.05, 0) is 19.4 Å². The zero-order valence-corrected chi connectivity index (χ0v) is 10.2. The molecule has 0 aromatic heterocycles. The van der Waals surface area contributed by atoms with E-state index < -0.39 is 0 Å². The summed E-state index contributed by atoms with van der Waals surface area (Å²) in [5, 5.41) is 0. The first kappa shape index (κ1) is 13.2. The van der Waals surface area contributed by atoms with Gasteiger partial charge in [-0.1, -0.05) is 30.3 Å². The van der Waals surface area contributed by atoms with Crippen molar-refractivity contribution in [2.45, 2.75) is 32.1 Å². The molecule has 0 aliphatic rings. The largest absolute Gasteiger partial charge is 0.382 e. The van der Waals surface area contributed by atoms with E-state index in [0.29, 0.717) is 6.61 Å². The van der Waals surface area contributed by atoms with Crippen LogP contribution in [0.3, 0.4) is 0 Å². The predicted molar refractivity (Wildman–Crippen MR) is 65.3 cm³/mol. The second-order valence-electron chi connectivity index (χ2n) is 4.04. The van der Waals surface area contributed by atoms with Crippen LogP contribution in [0, 0.1) is 0 Å². The lowest BCUT2D eigenvalue weighted by Gasteiger charge is -2.24. The minimum atomic E-state index is -0.0968. The Hall–Kier alpha value is -0.900. The molecule has 0 saturated heterocycles. The SMILES string of the molecule is COCC(C)OC(C)C(N)c1ccccc1. The molecule has 0 radical (unpaired) electrons. The van der Waals surface area contributed by atoms with Gasteiger partial charge in [-0.25, -0.2) is 0 Å². The highest BCUT2D eigenvalue weighted by molar-refractivity contribution is 5.19. The van der Waals surface area contributed by atoms with Crippen molar-refractivity contribution in [3.63, 3.8) is 0 Å². The zero-order valence-electron chi connectivity index (χ0n) is 10.2. The molecule has 0 aliphatic heterocycles. The topological polar surface area (TPSA) is 44.5 Å². The van der Waals surface area contributed by atoms with Crippen LogP contribution in [0.5, 0.6) is 0 Å². The van der Waals surface area contributed by atoms with E-state index in [0.717, 1.165) is 5.56 Å². The number of benzene rings is 1. The molecular formula is C13H21NO2. The van der Waals surface area contributed by atoms with Gasteiger partial charge in [-0.3, -0.25) is 0 Å². The van der Waals surface area contributed by atoms with Crippen LogP contribution in [0.15, 0.2) is 30.3 Å². The van der Waals surface area contributed by atoms with Crippen LogP contribution in [0.1, 0.15) is 25.5 Å². The molecule has 0 aliphatic carbocycles.